The summed E-state index contributed by atoms with van der Waals surface area (Å²) in [5.74, 6) is 0.857. The summed E-state index contributed by atoms with van der Waals surface area (Å²) in [6.07, 6.45) is 2.50. The van der Waals surface area contributed by atoms with Gasteiger partial charge < -0.3 is 5.11 Å². The minimum Gasteiger partial charge on any atom is -0.478 e. The molecule has 0 unspecified atom stereocenters. The molecule has 1 aliphatic heterocycles. The third-order valence-electron chi connectivity index (χ3n) is 3.01. The average molecular weight is 281 g/mol. The van der Waals surface area contributed by atoms with Crippen LogP contribution in [-0.4, -0.2) is 40.6 Å². The van der Waals surface area contributed by atoms with Gasteiger partial charge in [0, 0.05) is 37.2 Å². The maximum atomic E-state index is 13.3. The van der Waals surface area contributed by atoms with Gasteiger partial charge in [-0.1, -0.05) is 6.07 Å². The molecule has 1 fully saturated rings. The number of carboxylic acid groups (broad SMARTS) is 1. The van der Waals surface area contributed by atoms with Crippen molar-refractivity contribution in [3.63, 3.8) is 0 Å². The van der Waals surface area contributed by atoms with E-state index in [2.05, 4.69) is 4.90 Å². The van der Waals surface area contributed by atoms with Crippen molar-refractivity contribution < 1.29 is 14.3 Å². The zero-order valence-electron chi connectivity index (χ0n) is 10.5. The highest BCUT2D eigenvalue weighted by Crippen LogP contribution is 2.18. The number of nitrogens with zero attached hydrogens (tertiary/aromatic N) is 1. The molecule has 0 bridgehead atoms. The summed E-state index contributed by atoms with van der Waals surface area (Å²) in [7, 11) is 0. The third kappa shape index (κ3) is 4.36. The van der Waals surface area contributed by atoms with Crippen LogP contribution in [0.15, 0.2) is 24.3 Å². The summed E-state index contributed by atoms with van der Waals surface area (Å²) < 4.78 is 13.3. The number of thioether (sulfide) groups is 1. The van der Waals surface area contributed by atoms with Gasteiger partial charge in [0.2, 0.25) is 0 Å². The van der Waals surface area contributed by atoms with Crippen LogP contribution >= 0.6 is 11.8 Å². The topological polar surface area (TPSA) is 40.5 Å². The Labute approximate surface area is 116 Å². The van der Waals surface area contributed by atoms with Crippen LogP contribution in [-0.2, 0) is 11.3 Å². The van der Waals surface area contributed by atoms with Gasteiger partial charge in [-0.2, -0.15) is 11.8 Å². The molecule has 102 valence electrons. The van der Waals surface area contributed by atoms with Crippen molar-refractivity contribution in [1.29, 1.82) is 0 Å². The fraction of sp³-hybridized carbons (Fsp3) is 0.357. The molecule has 2 rings (SSSR count). The van der Waals surface area contributed by atoms with Crippen LogP contribution < -0.4 is 0 Å². The first-order chi connectivity index (χ1) is 9.15. The Bertz CT molecular complexity index is 484. The highest BCUT2D eigenvalue weighted by molar-refractivity contribution is 7.99. The SMILES string of the molecule is O=C(O)/C=C/c1cc(F)ccc1CN1CCSCC1. The van der Waals surface area contributed by atoms with Crippen LogP contribution in [0.25, 0.3) is 6.08 Å². The maximum absolute atomic E-state index is 13.3. The number of hydrogen-bond acceptors (Lipinski definition) is 3. The van der Waals surface area contributed by atoms with Gasteiger partial charge in [0.25, 0.3) is 0 Å². The Kier molecular flexibility index (Phi) is 4.99. The summed E-state index contributed by atoms with van der Waals surface area (Å²) >= 11 is 1.94. The minimum absolute atomic E-state index is 0.344. The molecule has 1 N–H and O–H groups in total. The van der Waals surface area contributed by atoms with E-state index in [0.717, 1.165) is 42.8 Å². The first-order valence-electron chi connectivity index (χ1n) is 6.15. The first kappa shape index (κ1) is 14.1. The molecule has 0 saturated carbocycles. The predicted octanol–water partition coefficient (Wildman–Crippen LogP) is 2.47. The Morgan fingerprint density at radius 1 is 1.42 bits per heavy atom. The van der Waals surface area contributed by atoms with Crippen LogP contribution in [0.4, 0.5) is 4.39 Å². The number of rotatable bonds is 4. The van der Waals surface area contributed by atoms with Crippen LogP contribution in [0.3, 0.4) is 0 Å². The predicted molar refractivity (Wildman–Crippen MR) is 75.7 cm³/mol. The molecule has 0 aliphatic carbocycles. The lowest BCUT2D eigenvalue weighted by Gasteiger charge is -2.26. The molecule has 1 aromatic rings. The maximum Gasteiger partial charge on any atom is 0.328 e. The molecule has 19 heavy (non-hydrogen) atoms. The lowest BCUT2D eigenvalue weighted by molar-refractivity contribution is -0.131. The van der Waals surface area contributed by atoms with Gasteiger partial charge in [-0.05, 0) is 29.3 Å². The molecule has 1 saturated heterocycles. The standard InChI is InChI=1S/C14H16FNO2S/c15-13-3-1-12(10-16-5-7-19-8-6-16)11(9-13)2-4-14(17)18/h1-4,9H,5-8,10H2,(H,17,18)/b4-2+. The summed E-state index contributed by atoms with van der Waals surface area (Å²) in [4.78, 5) is 12.9. The Balaban J connectivity index is 2.15. The highest BCUT2D eigenvalue weighted by Gasteiger charge is 2.12. The van der Waals surface area contributed by atoms with Crippen molar-refractivity contribution in [2.75, 3.05) is 24.6 Å². The number of carbonyl (C=O) groups is 1. The van der Waals surface area contributed by atoms with Gasteiger partial charge in [0.15, 0.2) is 0 Å². The number of carboxylic acids is 1. The first-order valence-corrected chi connectivity index (χ1v) is 7.30. The summed E-state index contributed by atoms with van der Waals surface area (Å²) in [6.45, 7) is 2.77. The number of halogens is 1. The molecule has 0 amide bonds. The van der Waals surface area contributed by atoms with E-state index in [9.17, 15) is 9.18 Å². The van der Waals surface area contributed by atoms with Gasteiger partial charge >= 0.3 is 5.97 Å². The third-order valence-corrected chi connectivity index (χ3v) is 3.95. The van der Waals surface area contributed by atoms with Gasteiger partial charge in [0.05, 0.1) is 0 Å². The number of benzene rings is 1. The highest BCUT2D eigenvalue weighted by atomic mass is 32.2. The molecule has 1 heterocycles. The fourth-order valence-corrected chi connectivity index (χ4v) is 3.00. The normalized spacial score (nSPS) is 16.9. The monoisotopic (exact) mass is 281 g/mol. The molecular formula is C14H16FNO2S. The second-order valence-corrected chi connectivity index (χ2v) is 5.63. The Hall–Kier alpha value is -1.33. The fourth-order valence-electron chi connectivity index (χ4n) is 2.03. The van der Waals surface area contributed by atoms with Gasteiger partial charge in [-0.3, -0.25) is 4.90 Å². The minimum atomic E-state index is -1.02. The molecule has 1 aliphatic rings. The van der Waals surface area contributed by atoms with Crippen LogP contribution in [0.5, 0.6) is 0 Å². The van der Waals surface area contributed by atoms with E-state index in [4.69, 9.17) is 5.11 Å². The Morgan fingerprint density at radius 3 is 2.84 bits per heavy atom. The van der Waals surface area contributed by atoms with Gasteiger partial charge in [-0.15, -0.1) is 0 Å². The van der Waals surface area contributed by atoms with E-state index in [1.54, 1.807) is 6.07 Å². The average Bonchev–Trinajstić information content (AvgIpc) is 2.40. The molecular weight excluding hydrogens is 265 g/mol. The van der Waals surface area contributed by atoms with Crippen LogP contribution in [0.2, 0.25) is 0 Å². The Morgan fingerprint density at radius 2 is 2.16 bits per heavy atom. The molecule has 1 aromatic carbocycles. The number of hydrogen-bond donors (Lipinski definition) is 1. The summed E-state index contributed by atoms with van der Waals surface area (Å²) in [5.41, 5.74) is 1.60. The van der Waals surface area contributed by atoms with E-state index in [-0.39, 0.29) is 5.82 Å². The summed E-state index contributed by atoms with van der Waals surface area (Å²) in [6, 6.07) is 4.54. The molecule has 0 atom stereocenters. The van der Waals surface area contributed by atoms with Crippen molar-refractivity contribution in [3.05, 3.63) is 41.2 Å². The van der Waals surface area contributed by atoms with E-state index in [1.807, 2.05) is 11.8 Å². The zero-order chi connectivity index (χ0) is 13.7. The smallest absolute Gasteiger partial charge is 0.328 e. The molecule has 5 heteroatoms. The van der Waals surface area contributed by atoms with Crippen LogP contribution in [0.1, 0.15) is 11.1 Å². The second kappa shape index (κ2) is 6.73. The second-order valence-electron chi connectivity index (χ2n) is 4.40. The quantitative estimate of drug-likeness (QED) is 0.861. The van der Waals surface area contributed by atoms with Crippen molar-refractivity contribution in [1.82, 2.24) is 4.90 Å². The van der Waals surface area contributed by atoms with Crippen molar-refractivity contribution in [3.8, 4) is 0 Å². The van der Waals surface area contributed by atoms with Crippen molar-refractivity contribution >= 4 is 23.8 Å². The number of aliphatic carboxylic acids is 1. The van der Waals surface area contributed by atoms with Crippen LogP contribution in [0, 0.1) is 5.82 Å². The van der Waals surface area contributed by atoms with Crippen molar-refractivity contribution in [2.24, 2.45) is 0 Å². The van der Waals surface area contributed by atoms with Gasteiger partial charge in [-0.25, -0.2) is 9.18 Å². The van der Waals surface area contributed by atoms with Gasteiger partial charge in [0.1, 0.15) is 5.82 Å². The zero-order valence-corrected chi connectivity index (χ0v) is 11.3. The molecule has 0 radical (unpaired) electrons. The molecule has 3 nitrogen and oxygen atoms in total. The molecule has 0 spiro atoms. The van der Waals surface area contributed by atoms with Crippen molar-refractivity contribution in [2.45, 2.75) is 6.54 Å². The van der Waals surface area contributed by atoms with E-state index in [0.29, 0.717) is 5.56 Å². The molecule has 0 aromatic heterocycles. The lowest BCUT2D eigenvalue weighted by atomic mass is 10.1. The van der Waals surface area contributed by atoms with E-state index < -0.39 is 5.97 Å². The summed E-state index contributed by atoms with van der Waals surface area (Å²) in [5, 5.41) is 8.66. The van der Waals surface area contributed by atoms with E-state index in [1.165, 1.54) is 18.2 Å². The lowest BCUT2D eigenvalue weighted by Crippen LogP contribution is -2.32. The van der Waals surface area contributed by atoms with E-state index >= 15 is 0 Å². The largest absolute Gasteiger partial charge is 0.478 e.